The van der Waals surface area contributed by atoms with Crippen molar-refractivity contribution in [3.05, 3.63) is 57.6 Å². The minimum absolute atomic E-state index is 0.461. The van der Waals surface area contributed by atoms with Crippen LogP contribution in [0.15, 0.2) is 24.3 Å². The molecule has 2 nitrogen and oxygen atoms in total. The second-order valence-electron chi connectivity index (χ2n) is 9.57. The number of rotatable bonds is 4. The molecule has 0 amide bonds. The summed E-state index contributed by atoms with van der Waals surface area (Å²) < 4.78 is 0. The summed E-state index contributed by atoms with van der Waals surface area (Å²) in [5.41, 5.74) is 6.58. The van der Waals surface area contributed by atoms with E-state index in [0.29, 0.717) is 29.8 Å². The Hall–Kier alpha value is -1.96. The molecule has 0 radical (unpaired) electrons. The summed E-state index contributed by atoms with van der Waals surface area (Å²) in [6, 6.07) is 8.56. The van der Waals surface area contributed by atoms with E-state index in [1.54, 1.807) is 0 Å². The summed E-state index contributed by atoms with van der Waals surface area (Å²) in [4.78, 5) is 0. The first-order valence-electron chi connectivity index (χ1n) is 11.7. The summed E-state index contributed by atoms with van der Waals surface area (Å²) >= 11 is 0. The predicted octanol–water partition coefficient (Wildman–Crippen LogP) is 7.40. The summed E-state index contributed by atoms with van der Waals surface area (Å²) in [5.74, 6) is 1.88. The normalized spacial score (nSPS) is 18.8. The average Bonchev–Trinajstić information content (AvgIpc) is 2.74. The van der Waals surface area contributed by atoms with Crippen LogP contribution in [0.25, 0.3) is 0 Å². The Morgan fingerprint density at radius 1 is 0.621 bits per heavy atom. The number of benzene rings is 2. The van der Waals surface area contributed by atoms with E-state index in [4.69, 9.17) is 0 Å². The maximum atomic E-state index is 11.1. The molecule has 2 heteroatoms. The van der Waals surface area contributed by atoms with Gasteiger partial charge in [0.05, 0.1) is 0 Å². The van der Waals surface area contributed by atoms with E-state index in [2.05, 4.69) is 38.1 Å². The Morgan fingerprint density at radius 2 is 1.00 bits per heavy atom. The quantitative estimate of drug-likeness (QED) is 0.569. The van der Waals surface area contributed by atoms with Gasteiger partial charge in [0.2, 0.25) is 0 Å². The molecule has 0 heterocycles. The van der Waals surface area contributed by atoms with Crippen LogP contribution >= 0.6 is 0 Å². The number of hydrogen-bond acceptors (Lipinski definition) is 2. The molecule has 2 aromatic carbocycles. The van der Waals surface area contributed by atoms with Crippen molar-refractivity contribution < 1.29 is 10.2 Å². The number of hydrogen-bond donors (Lipinski definition) is 2. The molecule has 0 aromatic heterocycles. The lowest BCUT2D eigenvalue weighted by molar-refractivity contribution is 0.408. The van der Waals surface area contributed by atoms with Gasteiger partial charge in [-0.3, -0.25) is 0 Å². The third kappa shape index (κ3) is 4.47. The molecule has 4 rings (SSSR count). The summed E-state index contributed by atoms with van der Waals surface area (Å²) in [7, 11) is 0. The van der Waals surface area contributed by atoms with Crippen molar-refractivity contribution in [2.45, 2.75) is 96.3 Å². The molecule has 2 saturated carbocycles. The van der Waals surface area contributed by atoms with E-state index in [0.717, 1.165) is 22.3 Å². The average molecular weight is 393 g/mol. The van der Waals surface area contributed by atoms with Crippen LogP contribution in [-0.4, -0.2) is 10.2 Å². The summed E-state index contributed by atoms with van der Waals surface area (Å²) in [6.07, 6.45) is 13.0. The first-order chi connectivity index (χ1) is 14.0. The largest absolute Gasteiger partial charge is 0.507 e. The van der Waals surface area contributed by atoms with Gasteiger partial charge in [-0.1, -0.05) is 73.9 Å². The number of phenols is 2. The molecule has 2 fully saturated rings. The molecule has 2 aliphatic carbocycles. The highest BCUT2D eigenvalue weighted by Gasteiger charge is 2.23. The van der Waals surface area contributed by atoms with E-state index in [-0.39, 0.29) is 0 Å². The van der Waals surface area contributed by atoms with Gasteiger partial charge < -0.3 is 10.2 Å². The van der Waals surface area contributed by atoms with Gasteiger partial charge in [0.25, 0.3) is 0 Å². The van der Waals surface area contributed by atoms with Gasteiger partial charge in [-0.25, -0.2) is 0 Å². The second kappa shape index (κ2) is 8.81. The first kappa shape index (κ1) is 20.3. The third-order valence-corrected chi connectivity index (χ3v) is 7.20. The van der Waals surface area contributed by atoms with Crippen molar-refractivity contribution >= 4 is 0 Å². The van der Waals surface area contributed by atoms with Crippen molar-refractivity contribution in [1.29, 1.82) is 0 Å². The molecule has 29 heavy (non-hydrogen) atoms. The van der Waals surface area contributed by atoms with Crippen LogP contribution in [0.4, 0.5) is 0 Å². The minimum atomic E-state index is 0.461. The molecule has 156 valence electrons. The van der Waals surface area contributed by atoms with Gasteiger partial charge in [0, 0.05) is 6.42 Å². The van der Waals surface area contributed by atoms with E-state index in [9.17, 15) is 10.2 Å². The van der Waals surface area contributed by atoms with Gasteiger partial charge >= 0.3 is 0 Å². The lowest BCUT2D eigenvalue weighted by Gasteiger charge is -2.25. The van der Waals surface area contributed by atoms with Crippen LogP contribution in [0.2, 0.25) is 0 Å². The Morgan fingerprint density at radius 3 is 1.38 bits per heavy atom. The van der Waals surface area contributed by atoms with Crippen molar-refractivity contribution in [2.75, 3.05) is 0 Å². The van der Waals surface area contributed by atoms with E-state index >= 15 is 0 Å². The predicted molar refractivity (Wildman–Crippen MR) is 120 cm³/mol. The monoisotopic (exact) mass is 392 g/mol. The highest BCUT2D eigenvalue weighted by Crippen LogP contribution is 2.42. The summed E-state index contributed by atoms with van der Waals surface area (Å²) in [6.45, 7) is 4.25. The third-order valence-electron chi connectivity index (χ3n) is 7.20. The van der Waals surface area contributed by atoms with Gasteiger partial charge in [0.15, 0.2) is 0 Å². The van der Waals surface area contributed by atoms with Crippen molar-refractivity contribution in [2.24, 2.45) is 0 Å². The second-order valence-corrected chi connectivity index (χ2v) is 9.57. The van der Waals surface area contributed by atoms with Gasteiger partial charge in [-0.05, 0) is 73.6 Å². The van der Waals surface area contributed by atoms with E-state index in [1.165, 1.54) is 75.3 Å². The molecule has 0 saturated heterocycles. The van der Waals surface area contributed by atoms with E-state index in [1.807, 2.05) is 0 Å². The molecule has 2 N–H and O–H groups in total. The van der Waals surface area contributed by atoms with E-state index < -0.39 is 0 Å². The number of aromatic hydroxyl groups is 2. The lowest BCUT2D eigenvalue weighted by atomic mass is 9.81. The maximum Gasteiger partial charge on any atom is 0.122 e. The van der Waals surface area contributed by atoms with Crippen molar-refractivity contribution in [3.63, 3.8) is 0 Å². The SMILES string of the molecule is Cc1cc(Cc2cc(C)cc(C3CCCCC3)c2O)c(O)c(C2CCCCC2)c1. The zero-order valence-corrected chi connectivity index (χ0v) is 18.1. The molecule has 0 atom stereocenters. The Balaban J connectivity index is 1.67. The standard InChI is InChI=1S/C27H36O2/c1-18-13-22(26(28)24(15-18)20-9-5-3-6-10-20)17-23-14-19(2)16-25(27(23)29)21-11-7-4-8-12-21/h13-16,20-21,28-29H,3-12,17H2,1-2H3. The highest BCUT2D eigenvalue weighted by atomic mass is 16.3. The fourth-order valence-electron chi connectivity index (χ4n) is 5.69. The van der Waals surface area contributed by atoms with Crippen LogP contribution in [0, 0.1) is 13.8 Å². The smallest absolute Gasteiger partial charge is 0.122 e. The topological polar surface area (TPSA) is 40.5 Å². The van der Waals surface area contributed by atoms with Crippen LogP contribution in [0.5, 0.6) is 11.5 Å². The molecule has 0 spiro atoms. The van der Waals surface area contributed by atoms with Crippen molar-refractivity contribution in [1.82, 2.24) is 0 Å². The van der Waals surface area contributed by atoms with Gasteiger partial charge in [-0.2, -0.15) is 0 Å². The Labute approximate surface area is 176 Å². The lowest BCUT2D eigenvalue weighted by Crippen LogP contribution is -2.07. The van der Waals surface area contributed by atoms with Crippen molar-refractivity contribution in [3.8, 4) is 11.5 Å². The summed E-state index contributed by atoms with van der Waals surface area (Å²) in [5, 5.41) is 22.2. The van der Waals surface area contributed by atoms with Crippen LogP contribution in [0.3, 0.4) is 0 Å². The molecule has 2 aliphatic rings. The maximum absolute atomic E-state index is 11.1. The zero-order chi connectivity index (χ0) is 20.4. The molecule has 2 aromatic rings. The van der Waals surface area contributed by atoms with Crippen LogP contribution in [0.1, 0.15) is 109 Å². The van der Waals surface area contributed by atoms with Gasteiger partial charge in [0.1, 0.15) is 11.5 Å². The zero-order valence-electron chi connectivity index (χ0n) is 18.1. The molecular weight excluding hydrogens is 356 g/mol. The molecule has 0 bridgehead atoms. The minimum Gasteiger partial charge on any atom is -0.507 e. The molecule has 0 unspecified atom stereocenters. The van der Waals surface area contributed by atoms with Crippen LogP contribution < -0.4 is 0 Å². The number of aryl methyl sites for hydroxylation is 2. The first-order valence-corrected chi connectivity index (χ1v) is 11.7. The molecular formula is C27H36O2. The Kier molecular flexibility index (Phi) is 6.18. The Bertz CT molecular complexity index is 784. The fraction of sp³-hybridized carbons (Fsp3) is 0.556. The highest BCUT2D eigenvalue weighted by molar-refractivity contribution is 5.52. The molecule has 0 aliphatic heterocycles. The number of phenolic OH excluding ortho intramolecular Hbond substituents is 2. The fourth-order valence-corrected chi connectivity index (χ4v) is 5.69. The van der Waals surface area contributed by atoms with Crippen LogP contribution in [-0.2, 0) is 6.42 Å². The van der Waals surface area contributed by atoms with Gasteiger partial charge in [-0.15, -0.1) is 0 Å².